The second-order valence-corrected chi connectivity index (χ2v) is 4.84. The van der Waals surface area contributed by atoms with E-state index in [2.05, 4.69) is 20.3 Å². The predicted octanol–water partition coefficient (Wildman–Crippen LogP) is 3.19. The maximum absolute atomic E-state index is 5.66. The molecule has 2 rings (SSSR count). The standard InChI is InChI=1S/C15H20N4O2/c1-5-16-13-17-14(20-10(2)3)19-15(18-13)21-12-8-6-11(4)7-9-12/h6-10H,5H2,1-4H3,(H,16,17,18,19). The molecule has 21 heavy (non-hydrogen) atoms. The number of benzene rings is 1. The average Bonchev–Trinajstić information content (AvgIpc) is 2.41. The van der Waals surface area contributed by atoms with Crippen molar-refractivity contribution in [1.29, 1.82) is 0 Å². The third-order valence-corrected chi connectivity index (χ3v) is 2.50. The summed E-state index contributed by atoms with van der Waals surface area (Å²) >= 11 is 0. The SMILES string of the molecule is CCNc1nc(Oc2ccc(C)cc2)nc(OC(C)C)n1. The first kappa shape index (κ1) is 15.0. The van der Waals surface area contributed by atoms with E-state index in [9.17, 15) is 0 Å². The van der Waals surface area contributed by atoms with E-state index in [1.54, 1.807) is 0 Å². The zero-order chi connectivity index (χ0) is 15.2. The summed E-state index contributed by atoms with van der Waals surface area (Å²) in [5.41, 5.74) is 1.16. The highest BCUT2D eigenvalue weighted by atomic mass is 16.5. The van der Waals surface area contributed by atoms with Crippen molar-refractivity contribution in [3.63, 3.8) is 0 Å². The van der Waals surface area contributed by atoms with Crippen molar-refractivity contribution in [3.8, 4) is 17.8 Å². The molecule has 0 radical (unpaired) electrons. The normalized spacial score (nSPS) is 10.5. The second kappa shape index (κ2) is 6.88. The van der Waals surface area contributed by atoms with Crippen molar-refractivity contribution in [2.45, 2.75) is 33.8 Å². The lowest BCUT2D eigenvalue weighted by atomic mass is 10.2. The Labute approximate surface area is 124 Å². The number of aryl methyl sites for hydroxylation is 1. The maximum atomic E-state index is 5.66. The Morgan fingerprint density at radius 3 is 2.33 bits per heavy atom. The third kappa shape index (κ3) is 4.59. The van der Waals surface area contributed by atoms with Gasteiger partial charge in [-0.25, -0.2) is 0 Å². The van der Waals surface area contributed by atoms with Gasteiger partial charge < -0.3 is 14.8 Å². The monoisotopic (exact) mass is 288 g/mol. The smallest absolute Gasteiger partial charge is 0.330 e. The summed E-state index contributed by atoms with van der Waals surface area (Å²) in [6.07, 6.45) is -0.0194. The molecule has 0 spiro atoms. The van der Waals surface area contributed by atoms with Gasteiger partial charge >= 0.3 is 12.0 Å². The van der Waals surface area contributed by atoms with Crippen LogP contribution in [0, 0.1) is 6.92 Å². The van der Waals surface area contributed by atoms with Gasteiger partial charge in [-0.3, -0.25) is 0 Å². The zero-order valence-electron chi connectivity index (χ0n) is 12.8. The van der Waals surface area contributed by atoms with E-state index >= 15 is 0 Å². The summed E-state index contributed by atoms with van der Waals surface area (Å²) in [5, 5.41) is 3.03. The van der Waals surface area contributed by atoms with Crippen LogP contribution >= 0.6 is 0 Å². The molecule has 1 aromatic carbocycles. The number of rotatable bonds is 6. The number of nitrogens with zero attached hydrogens (tertiary/aromatic N) is 3. The van der Waals surface area contributed by atoms with Crippen LogP contribution in [0.1, 0.15) is 26.3 Å². The van der Waals surface area contributed by atoms with E-state index in [1.807, 2.05) is 52.0 Å². The van der Waals surface area contributed by atoms with Crippen LogP contribution < -0.4 is 14.8 Å². The number of nitrogens with one attached hydrogen (secondary N) is 1. The maximum Gasteiger partial charge on any atom is 0.330 e. The van der Waals surface area contributed by atoms with Crippen LogP contribution in [0.4, 0.5) is 5.95 Å². The fraction of sp³-hybridized carbons (Fsp3) is 0.400. The minimum Gasteiger partial charge on any atom is -0.461 e. The number of aromatic nitrogens is 3. The van der Waals surface area contributed by atoms with Crippen LogP contribution in [0.2, 0.25) is 0 Å². The topological polar surface area (TPSA) is 69.2 Å². The zero-order valence-corrected chi connectivity index (χ0v) is 12.8. The molecule has 2 aromatic rings. The van der Waals surface area contributed by atoms with Crippen LogP contribution in [0.15, 0.2) is 24.3 Å². The second-order valence-electron chi connectivity index (χ2n) is 4.84. The molecule has 0 saturated heterocycles. The summed E-state index contributed by atoms with van der Waals surface area (Å²) in [7, 11) is 0. The lowest BCUT2D eigenvalue weighted by Gasteiger charge is -2.11. The van der Waals surface area contributed by atoms with Gasteiger partial charge in [0.15, 0.2) is 0 Å². The van der Waals surface area contributed by atoms with Crippen molar-refractivity contribution in [1.82, 2.24) is 15.0 Å². The lowest BCUT2D eigenvalue weighted by Crippen LogP contribution is -2.12. The van der Waals surface area contributed by atoms with Crippen LogP contribution in [0.25, 0.3) is 0 Å². The van der Waals surface area contributed by atoms with Gasteiger partial charge in [-0.05, 0) is 39.8 Å². The fourth-order valence-electron chi connectivity index (χ4n) is 1.60. The number of ether oxygens (including phenoxy) is 2. The lowest BCUT2D eigenvalue weighted by molar-refractivity contribution is 0.218. The van der Waals surface area contributed by atoms with Gasteiger partial charge in [0.25, 0.3) is 0 Å². The molecular weight excluding hydrogens is 268 g/mol. The van der Waals surface area contributed by atoms with Crippen molar-refractivity contribution in [3.05, 3.63) is 29.8 Å². The first-order valence-corrected chi connectivity index (χ1v) is 6.98. The molecular formula is C15H20N4O2. The molecule has 0 fully saturated rings. The van der Waals surface area contributed by atoms with Gasteiger partial charge in [-0.1, -0.05) is 17.7 Å². The molecule has 1 aromatic heterocycles. The Morgan fingerprint density at radius 2 is 1.71 bits per heavy atom. The van der Waals surface area contributed by atoms with Crippen molar-refractivity contribution < 1.29 is 9.47 Å². The summed E-state index contributed by atoms with van der Waals surface area (Å²) < 4.78 is 11.2. The molecule has 1 heterocycles. The molecule has 6 nitrogen and oxygen atoms in total. The molecule has 1 N–H and O–H groups in total. The summed E-state index contributed by atoms with van der Waals surface area (Å²) in [6, 6.07) is 8.13. The molecule has 6 heteroatoms. The molecule has 0 unspecified atom stereocenters. The van der Waals surface area contributed by atoms with Crippen molar-refractivity contribution >= 4 is 5.95 Å². The Balaban J connectivity index is 2.24. The molecule has 0 amide bonds. The number of hydrogen-bond acceptors (Lipinski definition) is 6. The Hall–Kier alpha value is -2.37. The molecule has 0 aliphatic heterocycles. The molecule has 0 atom stereocenters. The highest BCUT2D eigenvalue weighted by Crippen LogP contribution is 2.21. The van der Waals surface area contributed by atoms with Crippen molar-refractivity contribution in [2.24, 2.45) is 0 Å². The van der Waals surface area contributed by atoms with Crippen LogP contribution in [-0.4, -0.2) is 27.6 Å². The molecule has 0 aliphatic carbocycles. The van der Waals surface area contributed by atoms with E-state index in [0.29, 0.717) is 18.2 Å². The summed E-state index contributed by atoms with van der Waals surface area (Å²) in [6.45, 7) is 8.52. The fourth-order valence-corrected chi connectivity index (χ4v) is 1.60. The molecule has 112 valence electrons. The third-order valence-electron chi connectivity index (χ3n) is 2.50. The Bertz CT molecular complexity index is 585. The van der Waals surface area contributed by atoms with Gasteiger partial charge in [0, 0.05) is 6.54 Å². The molecule has 0 saturated carbocycles. The first-order chi connectivity index (χ1) is 10.1. The molecule has 0 aliphatic rings. The van der Waals surface area contributed by atoms with Crippen LogP contribution in [0.3, 0.4) is 0 Å². The summed E-state index contributed by atoms with van der Waals surface area (Å²) in [5.74, 6) is 1.11. The van der Waals surface area contributed by atoms with E-state index in [0.717, 1.165) is 5.56 Å². The van der Waals surface area contributed by atoms with E-state index in [-0.39, 0.29) is 18.1 Å². The molecule has 0 bridgehead atoms. The summed E-state index contributed by atoms with van der Waals surface area (Å²) in [4.78, 5) is 12.6. The quantitative estimate of drug-likeness (QED) is 0.880. The van der Waals surface area contributed by atoms with E-state index in [4.69, 9.17) is 9.47 Å². The van der Waals surface area contributed by atoms with Crippen LogP contribution in [-0.2, 0) is 0 Å². The Morgan fingerprint density at radius 1 is 1.05 bits per heavy atom. The largest absolute Gasteiger partial charge is 0.461 e. The van der Waals surface area contributed by atoms with E-state index in [1.165, 1.54) is 0 Å². The predicted molar refractivity (Wildman–Crippen MR) is 81.0 cm³/mol. The highest BCUT2D eigenvalue weighted by molar-refractivity contribution is 5.31. The minimum atomic E-state index is -0.0194. The van der Waals surface area contributed by atoms with Gasteiger partial charge in [-0.2, -0.15) is 9.97 Å². The first-order valence-electron chi connectivity index (χ1n) is 6.98. The number of hydrogen-bond donors (Lipinski definition) is 1. The highest BCUT2D eigenvalue weighted by Gasteiger charge is 2.10. The van der Waals surface area contributed by atoms with Gasteiger partial charge in [0.1, 0.15) is 5.75 Å². The van der Waals surface area contributed by atoms with Gasteiger partial charge in [0.2, 0.25) is 5.95 Å². The minimum absolute atomic E-state index is 0.0194. The number of anilines is 1. The Kier molecular flexibility index (Phi) is 4.92. The van der Waals surface area contributed by atoms with Crippen molar-refractivity contribution in [2.75, 3.05) is 11.9 Å². The van der Waals surface area contributed by atoms with Gasteiger partial charge in [-0.15, -0.1) is 4.98 Å². The van der Waals surface area contributed by atoms with E-state index < -0.39 is 0 Å². The van der Waals surface area contributed by atoms with Crippen LogP contribution in [0.5, 0.6) is 17.8 Å². The van der Waals surface area contributed by atoms with Gasteiger partial charge in [0.05, 0.1) is 6.10 Å². The average molecular weight is 288 g/mol.